The van der Waals surface area contributed by atoms with E-state index < -0.39 is 0 Å². The Balaban J connectivity index is 1.55. The zero-order valence-corrected chi connectivity index (χ0v) is 10.4. The minimum atomic E-state index is 0.279. The number of H-pyrrole nitrogens is 1. The molecule has 1 aromatic rings. The highest BCUT2D eigenvalue weighted by atomic mass is 16.2. The Kier molecular flexibility index (Phi) is 3.12. The van der Waals surface area contributed by atoms with Crippen molar-refractivity contribution in [2.24, 2.45) is 5.92 Å². The monoisotopic (exact) mass is 250 g/mol. The Hall–Kier alpha value is -1.66. The molecule has 3 rings (SSSR count). The van der Waals surface area contributed by atoms with E-state index in [9.17, 15) is 4.79 Å². The van der Waals surface area contributed by atoms with Crippen molar-refractivity contribution in [1.29, 1.82) is 0 Å². The molecule has 18 heavy (non-hydrogen) atoms. The first-order chi connectivity index (χ1) is 8.84. The van der Waals surface area contributed by atoms with Gasteiger partial charge in [0, 0.05) is 32.1 Å². The van der Waals surface area contributed by atoms with E-state index in [2.05, 4.69) is 25.5 Å². The van der Waals surface area contributed by atoms with Crippen molar-refractivity contribution in [3.63, 3.8) is 0 Å². The molecule has 7 heteroatoms. The van der Waals surface area contributed by atoms with Gasteiger partial charge in [-0.25, -0.2) is 0 Å². The zero-order valence-electron chi connectivity index (χ0n) is 10.4. The number of nitrogens with zero attached hydrogens (tertiary/aromatic N) is 5. The predicted molar refractivity (Wildman–Crippen MR) is 64.9 cm³/mol. The summed E-state index contributed by atoms with van der Waals surface area (Å²) in [6.07, 6.45) is 4.56. The van der Waals surface area contributed by atoms with Crippen LogP contribution in [0.25, 0.3) is 0 Å². The normalized spacial score (nSPS) is 21.6. The topological polar surface area (TPSA) is 78.0 Å². The second-order valence-corrected chi connectivity index (χ2v) is 5.01. The number of hydrogen-bond donors (Lipinski definition) is 1. The predicted octanol–water partition coefficient (Wildman–Crippen LogP) is 0.0385. The lowest BCUT2D eigenvalue weighted by Gasteiger charge is -2.35. The Morgan fingerprint density at radius 1 is 1.17 bits per heavy atom. The van der Waals surface area contributed by atoms with Gasteiger partial charge in [-0.05, 0) is 18.1 Å². The van der Waals surface area contributed by atoms with Gasteiger partial charge in [0.15, 0.2) is 0 Å². The van der Waals surface area contributed by atoms with Gasteiger partial charge < -0.3 is 9.80 Å². The van der Waals surface area contributed by atoms with E-state index >= 15 is 0 Å². The van der Waals surface area contributed by atoms with Crippen molar-refractivity contribution >= 4 is 11.9 Å². The minimum absolute atomic E-state index is 0.279. The summed E-state index contributed by atoms with van der Waals surface area (Å²) >= 11 is 0. The molecule has 98 valence electrons. The number of amides is 1. The van der Waals surface area contributed by atoms with Crippen LogP contribution in [-0.2, 0) is 4.79 Å². The second-order valence-electron chi connectivity index (χ2n) is 5.01. The van der Waals surface area contributed by atoms with Crippen molar-refractivity contribution in [1.82, 2.24) is 25.5 Å². The van der Waals surface area contributed by atoms with Gasteiger partial charge in [-0.15, -0.1) is 5.10 Å². The average Bonchev–Trinajstić information content (AvgIpc) is 3.11. The lowest BCUT2D eigenvalue weighted by molar-refractivity contribution is -0.135. The van der Waals surface area contributed by atoms with Gasteiger partial charge in [0.25, 0.3) is 5.95 Å². The Labute approximate surface area is 106 Å². The molecule has 0 radical (unpaired) electrons. The van der Waals surface area contributed by atoms with Gasteiger partial charge in [0.05, 0.1) is 0 Å². The Morgan fingerprint density at radius 3 is 2.50 bits per heavy atom. The molecule has 0 aromatic carbocycles. The summed E-state index contributed by atoms with van der Waals surface area (Å²) in [6, 6.07) is 0. The van der Waals surface area contributed by atoms with E-state index in [0.29, 0.717) is 11.9 Å². The number of anilines is 1. The maximum Gasteiger partial charge on any atom is 0.265 e. The van der Waals surface area contributed by atoms with Gasteiger partial charge in [-0.2, -0.15) is 5.21 Å². The van der Waals surface area contributed by atoms with Crippen LogP contribution >= 0.6 is 0 Å². The quantitative estimate of drug-likeness (QED) is 0.801. The molecule has 1 aromatic heterocycles. The summed E-state index contributed by atoms with van der Waals surface area (Å²) < 4.78 is 0. The lowest BCUT2D eigenvalue weighted by Crippen LogP contribution is -2.50. The van der Waals surface area contributed by atoms with Crippen LogP contribution < -0.4 is 4.90 Å². The molecule has 0 unspecified atom stereocenters. The molecule has 7 nitrogen and oxygen atoms in total. The SMILES string of the molecule is O=C(C1CCCC1)N1CCN(c2nn[nH]n2)CC1. The third-order valence-corrected chi connectivity index (χ3v) is 3.91. The van der Waals surface area contributed by atoms with E-state index in [1.54, 1.807) is 0 Å². The lowest BCUT2D eigenvalue weighted by atomic mass is 10.1. The molecule has 1 saturated carbocycles. The number of rotatable bonds is 2. The van der Waals surface area contributed by atoms with Gasteiger partial charge >= 0.3 is 0 Å². The second kappa shape index (κ2) is 4.91. The number of piperazine rings is 1. The summed E-state index contributed by atoms with van der Waals surface area (Å²) in [5, 5.41) is 13.9. The molecule has 0 spiro atoms. The van der Waals surface area contributed by atoms with Gasteiger partial charge in [0.2, 0.25) is 5.91 Å². The fraction of sp³-hybridized carbons (Fsp3) is 0.818. The van der Waals surface area contributed by atoms with Crippen LogP contribution in [0.5, 0.6) is 0 Å². The van der Waals surface area contributed by atoms with Gasteiger partial charge in [-0.3, -0.25) is 4.79 Å². The first kappa shape index (κ1) is 11.4. The summed E-state index contributed by atoms with van der Waals surface area (Å²) in [4.78, 5) is 16.3. The number of carbonyl (C=O) groups excluding carboxylic acids is 1. The standard InChI is InChI=1S/C11H18N6O/c18-10(9-3-1-2-4-9)16-5-7-17(8-6-16)11-12-14-15-13-11/h9H,1-8H2,(H,12,13,14,15). The highest BCUT2D eigenvalue weighted by Gasteiger charge is 2.29. The molecule has 1 amide bonds. The zero-order chi connectivity index (χ0) is 12.4. The van der Waals surface area contributed by atoms with E-state index in [-0.39, 0.29) is 5.92 Å². The van der Waals surface area contributed by atoms with Crippen molar-refractivity contribution in [3.8, 4) is 0 Å². The first-order valence-electron chi connectivity index (χ1n) is 6.62. The van der Waals surface area contributed by atoms with Gasteiger partial charge in [-0.1, -0.05) is 17.9 Å². The van der Waals surface area contributed by atoms with Crippen LogP contribution in [0.3, 0.4) is 0 Å². The molecule has 1 saturated heterocycles. The molecular weight excluding hydrogens is 232 g/mol. The number of aromatic amines is 1. The molecule has 0 atom stereocenters. The van der Waals surface area contributed by atoms with Crippen LogP contribution in [0, 0.1) is 5.92 Å². The summed E-state index contributed by atoms with van der Waals surface area (Å²) in [5.41, 5.74) is 0. The van der Waals surface area contributed by atoms with E-state index in [1.165, 1.54) is 12.8 Å². The number of hydrogen-bond acceptors (Lipinski definition) is 5. The minimum Gasteiger partial charge on any atom is -0.339 e. The number of tetrazole rings is 1. The van der Waals surface area contributed by atoms with E-state index in [4.69, 9.17) is 0 Å². The summed E-state index contributed by atoms with van der Waals surface area (Å²) in [7, 11) is 0. The van der Waals surface area contributed by atoms with E-state index in [0.717, 1.165) is 39.0 Å². The maximum absolute atomic E-state index is 12.3. The van der Waals surface area contributed by atoms with Crippen molar-refractivity contribution in [3.05, 3.63) is 0 Å². The van der Waals surface area contributed by atoms with Crippen molar-refractivity contribution in [2.75, 3.05) is 31.1 Å². The molecule has 2 aliphatic rings. The largest absolute Gasteiger partial charge is 0.339 e. The third kappa shape index (κ3) is 2.16. The number of nitrogens with one attached hydrogen (secondary N) is 1. The smallest absolute Gasteiger partial charge is 0.265 e. The van der Waals surface area contributed by atoms with Crippen LogP contribution in [0.1, 0.15) is 25.7 Å². The highest BCUT2D eigenvalue weighted by Crippen LogP contribution is 2.27. The molecule has 2 fully saturated rings. The van der Waals surface area contributed by atoms with Crippen LogP contribution in [-0.4, -0.2) is 57.6 Å². The van der Waals surface area contributed by atoms with E-state index in [1.807, 2.05) is 4.90 Å². The Bertz CT molecular complexity index is 392. The average molecular weight is 250 g/mol. The first-order valence-corrected chi connectivity index (χ1v) is 6.62. The molecular formula is C11H18N6O. The van der Waals surface area contributed by atoms with Crippen LogP contribution in [0.15, 0.2) is 0 Å². The molecule has 1 N–H and O–H groups in total. The summed E-state index contributed by atoms with van der Waals surface area (Å²) in [6.45, 7) is 3.11. The highest BCUT2D eigenvalue weighted by molar-refractivity contribution is 5.79. The Morgan fingerprint density at radius 2 is 1.89 bits per heavy atom. The van der Waals surface area contributed by atoms with Crippen LogP contribution in [0.4, 0.5) is 5.95 Å². The fourth-order valence-electron chi connectivity index (χ4n) is 2.85. The van der Waals surface area contributed by atoms with Crippen molar-refractivity contribution < 1.29 is 4.79 Å². The molecule has 2 heterocycles. The fourth-order valence-corrected chi connectivity index (χ4v) is 2.85. The van der Waals surface area contributed by atoms with Gasteiger partial charge in [0.1, 0.15) is 0 Å². The molecule has 1 aliphatic heterocycles. The third-order valence-electron chi connectivity index (χ3n) is 3.91. The molecule has 1 aliphatic carbocycles. The maximum atomic E-state index is 12.3. The summed E-state index contributed by atoms with van der Waals surface area (Å²) in [5.74, 6) is 1.25. The number of aromatic nitrogens is 4. The van der Waals surface area contributed by atoms with Crippen LogP contribution in [0.2, 0.25) is 0 Å². The number of carbonyl (C=O) groups is 1. The van der Waals surface area contributed by atoms with Crippen molar-refractivity contribution in [2.45, 2.75) is 25.7 Å². The molecule has 0 bridgehead atoms.